The maximum Gasteiger partial charge on any atom is 0.268 e. The van der Waals surface area contributed by atoms with Crippen molar-refractivity contribution >= 4 is 45.9 Å². The molecule has 124 valence electrons. The van der Waals surface area contributed by atoms with Crippen molar-refractivity contribution in [2.45, 2.75) is 0 Å². The average Bonchev–Trinajstić information content (AvgIpc) is 3.24. The summed E-state index contributed by atoms with van der Waals surface area (Å²) in [5, 5.41) is 9.35. The van der Waals surface area contributed by atoms with Gasteiger partial charge in [0.05, 0.1) is 21.1 Å². The van der Waals surface area contributed by atoms with Crippen LogP contribution in [0.25, 0.3) is 27.7 Å². The predicted molar refractivity (Wildman–Crippen MR) is 99.8 cm³/mol. The van der Waals surface area contributed by atoms with Crippen molar-refractivity contribution in [1.82, 2.24) is 14.8 Å². The predicted octanol–water partition coefficient (Wildman–Crippen LogP) is 3.49. The third-order valence-electron chi connectivity index (χ3n) is 3.91. The molecule has 0 saturated heterocycles. The molecular weight excluding hydrogens is 360 g/mol. The quantitative estimate of drug-likeness (QED) is 0.540. The maximum absolute atomic E-state index is 12.9. The zero-order valence-electron chi connectivity index (χ0n) is 12.7. The summed E-state index contributed by atoms with van der Waals surface area (Å²) in [5.41, 5.74) is 8.16. The standard InChI is InChI=1S/C17H11ClN4O2S/c18-12-3-1-2-4-13(12)22-6-11(9-5-10(7-23)25-8-9)15-14(17(22)24)16(19)21-20-15/h1-8H,(H3,19,20,21). The Morgan fingerprint density at radius 3 is 2.84 bits per heavy atom. The van der Waals surface area contributed by atoms with Gasteiger partial charge >= 0.3 is 0 Å². The van der Waals surface area contributed by atoms with Gasteiger partial charge in [0.2, 0.25) is 0 Å². The molecule has 1 aromatic carbocycles. The second-order valence-corrected chi connectivity index (χ2v) is 6.73. The Hall–Kier alpha value is -2.90. The first-order chi connectivity index (χ1) is 12.1. The SMILES string of the molecule is Nc1n[nH]c2c(-c3csc(C=O)c3)cn(-c3ccccc3Cl)c(=O)c12. The van der Waals surface area contributed by atoms with Crippen LogP contribution in [-0.4, -0.2) is 21.1 Å². The highest BCUT2D eigenvalue weighted by atomic mass is 35.5. The number of halogens is 1. The molecule has 4 aromatic rings. The first-order valence-corrected chi connectivity index (χ1v) is 8.54. The van der Waals surface area contributed by atoms with E-state index in [4.69, 9.17) is 17.3 Å². The number of aromatic nitrogens is 3. The number of carbonyl (C=O) groups excluding carboxylic acids is 1. The lowest BCUT2D eigenvalue weighted by Crippen LogP contribution is -2.19. The Bertz CT molecular complexity index is 1180. The molecule has 4 rings (SSSR count). The molecule has 0 atom stereocenters. The second-order valence-electron chi connectivity index (χ2n) is 5.38. The molecule has 6 nitrogen and oxygen atoms in total. The van der Waals surface area contributed by atoms with Gasteiger partial charge in [-0.3, -0.25) is 19.3 Å². The number of aldehydes is 1. The molecule has 8 heteroatoms. The molecule has 0 aliphatic carbocycles. The third-order valence-corrected chi connectivity index (χ3v) is 5.09. The van der Waals surface area contributed by atoms with E-state index in [9.17, 15) is 9.59 Å². The molecule has 0 radical (unpaired) electrons. The van der Waals surface area contributed by atoms with Gasteiger partial charge in [-0.25, -0.2) is 0 Å². The topological polar surface area (TPSA) is 93.8 Å². The van der Waals surface area contributed by atoms with E-state index in [0.29, 0.717) is 26.7 Å². The number of benzene rings is 1. The number of anilines is 1. The number of nitrogens with zero attached hydrogens (tertiary/aromatic N) is 2. The lowest BCUT2D eigenvalue weighted by molar-refractivity contribution is 0.112. The summed E-state index contributed by atoms with van der Waals surface area (Å²) in [4.78, 5) is 24.5. The van der Waals surface area contributed by atoms with Gasteiger partial charge in [-0.1, -0.05) is 23.7 Å². The number of fused-ring (bicyclic) bond motifs is 1. The highest BCUT2D eigenvalue weighted by Gasteiger charge is 2.18. The number of pyridine rings is 1. The van der Waals surface area contributed by atoms with Gasteiger partial charge in [0.25, 0.3) is 5.56 Å². The molecule has 25 heavy (non-hydrogen) atoms. The highest BCUT2D eigenvalue weighted by Crippen LogP contribution is 2.32. The van der Waals surface area contributed by atoms with Crippen LogP contribution in [-0.2, 0) is 0 Å². The summed E-state index contributed by atoms with van der Waals surface area (Å²) < 4.78 is 1.45. The van der Waals surface area contributed by atoms with Crippen LogP contribution in [0.4, 0.5) is 5.82 Å². The number of hydrogen-bond donors (Lipinski definition) is 2. The number of nitrogen functional groups attached to an aromatic ring is 1. The van der Waals surface area contributed by atoms with Crippen molar-refractivity contribution in [3.05, 3.63) is 62.2 Å². The Balaban J connectivity index is 2.10. The molecule has 0 amide bonds. The van der Waals surface area contributed by atoms with E-state index in [1.54, 1.807) is 36.5 Å². The van der Waals surface area contributed by atoms with Crippen LogP contribution >= 0.6 is 22.9 Å². The van der Waals surface area contributed by atoms with Crippen molar-refractivity contribution in [1.29, 1.82) is 0 Å². The fraction of sp³-hybridized carbons (Fsp3) is 0. The lowest BCUT2D eigenvalue weighted by atomic mass is 10.1. The van der Waals surface area contributed by atoms with Crippen LogP contribution in [0.5, 0.6) is 0 Å². The molecule has 0 spiro atoms. The number of thiophene rings is 1. The van der Waals surface area contributed by atoms with E-state index in [1.165, 1.54) is 15.9 Å². The molecule has 3 N–H and O–H groups in total. The molecule has 0 aliphatic heterocycles. The van der Waals surface area contributed by atoms with Gasteiger partial charge in [0.1, 0.15) is 5.39 Å². The van der Waals surface area contributed by atoms with Gasteiger partial charge in [0, 0.05) is 11.8 Å². The van der Waals surface area contributed by atoms with Gasteiger partial charge in [-0.15, -0.1) is 11.3 Å². The van der Waals surface area contributed by atoms with E-state index in [2.05, 4.69) is 10.2 Å². The zero-order valence-corrected chi connectivity index (χ0v) is 14.3. The van der Waals surface area contributed by atoms with Crippen LogP contribution < -0.4 is 11.3 Å². The minimum Gasteiger partial charge on any atom is -0.382 e. The van der Waals surface area contributed by atoms with Crippen LogP contribution in [0.3, 0.4) is 0 Å². The van der Waals surface area contributed by atoms with E-state index in [-0.39, 0.29) is 16.8 Å². The first kappa shape index (κ1) is 15.6. The monoisotopic (exact) mass is 370 g/mol. The summed E-state index contributed by atoms with van der Waals surface area (Å²) >= 11 is 7.58. The van der Waals surface area contributed by atoms with Crippen molar-refractivity contribution in [2.75, 3.05) is 5.73 Å². The molecule has 0 bridgehead atoms. The molecule has 0 saturated carbocycles. The van der Waals surface area contributed by atoms with Crippen molar-refractivity contribution in [3.63, 3.8) is 0 Å². The van der Waals surface area contributed by atoms with Gasteiger partial charge in [-0.2, -0.15) is 5.10 Å². The van der Waals surface area contributed by atoms with Crippen LogP contribution in [0.2, 0.25) is 5.02 Å². The first-order valence-electron chi connectivity index (χ1n) is 7.28. The maximum atomic E-state index is 12.9. The van der Waals surface area contributed by atoms with Crippen molar-refractivity contribution in [2.24, 2.45) is 0 Å². The van der Waals surface area contributed by atoms with E-state index < -0.39 is 0 Å². The van der Waals surface area contributed by atoms with E-state index in [0.717, 1.165) is 11.8 Å². The minimum atomic E-state index is -0.316. The molecule has 3 aromatic heterocycles. The fourth-order valence-electron chi connectivity index (χ4n) is 2.74. The number of hydrogen-bond acceptors (Lipinski definition) is 5. The van der Waals surface area contributed by atoms with Gasteiger partial charge in [0.15, 0.2) is 12.1 Å². The summed E-state index contributed by atoms with van der Waals surface area (Å²) in [5.74, 6) is 0.119. The summed E-state index contributed by atoms with van der Waals surface area (Å²) in [7, 11) is 0. The number of aromatic amines is 1. The van der Waals surface area contributed by atoms with Crippen LogP contribution in [0, 0.1) is 0 Å². The lowest BCUT2D eigenvalue weighted by Gasteiger charge is -2.11. The van der Waals surface area contributed by atoms with Crippen molar-refractivity contribution in [3.8, 4) is 16.8 Å². The number of carbonyl (C=O) groups is 1. The van der Waals surface area contributed by atoms with E-state index in [1.807, 2.05) is 5.38 Å². The zero-order chi connectivity index (χ0) is 17.6. The molecule has 0 unspecified atom stereocenters. The van der Waals surface area contributed by atoms with Crippen molar-refractivity contribution < 1.29 is 4.79 Å². The largest absolute Gasteiger partial charge is 0.382 e. The van der Waals surface area contributed by atoms with Gasteiger partial charge < -0.3 is 5.73 Å². The summed E-state index contributed by atoms with van der Waals surface area (Å²) in [6.45, 7) is 0. The Kier molecular flexibility index (Phi) is 3.67. The highest BCUT2D eigenvalue weighted by molar-refractivity contribution is 7.12. The third kappa shape index (κ3) is 2.45. The molecule has 0 aliphatic rings. The Morgan fingerprint density at radius 2 is 2.12 bits per heavy atom. The smallest absolute Gasteiger partial charge is 0.268 e. The molecule has 0 fully saturated rings. The fourth-order valence-corrected chi connectivity index (χ4v) is 3.68. The van der Waals surface area contributed by atoms with Crippen LogP contribution in [0.1, 0.15) is 9.67 Å². The second kappa shape index (κ2) is 5.87. The number of rotatable bonds is 3. The minimum absolute atomic E-state index is 0.119. The molecular formula is C17H11ClN4O2S. The van der Waals surface area contributed by atoms with E-state index >= 15 is 0 Å². The normalized spacial score (nSPS) is 11.1. The number of nitrogens with one attached hydrogen (secondary N) is 1. The average molecular weight is 371 g/mol. The summed E-state index contributed by atoms with van der Waals surface area (Å²) in [6, 6.07) is 8.80. The van der Waals surface area contributed by atoms with Gasteiger partial charge in [-0.05, 0) is 29.1 Å². The Morgan fingerprint density at radius 1 is 1.32 bits per heavy atom. The number of nitrogens with two attached hydrogens (primary N) is 1. The number of H-pyrrole nitrogens is 1. The van der Waals surface area contributed by atoms with Crippen LogP contribution in [0.15, 0.2) is 46.7 Å². The Labute approximate surface area is 150 Å². The number of para-hydroxylation sites is 1. The summed E-state index contributed by atoms with van der Waals surface area (Å²) in [6.07, 6.45) is 2.47. The molecule has 3 heterocycles.